The van der Waals surface area contributed by atoms with E-state index in [4.69, 9.17) is 21.7 Å². The monoisotopic (exact) mass is 430 g/mol. The fraction of sp³-hybridized carbons (Fsp3) is 0.250. The molecular formula is C24H23ClN6. The third-order valence-corrected chi connectivity index (χ3v) is 5.87. The Morgan fingerprint density at radius 2 is 1.94 bits per heavy atom. The van der Waals surface area contributed by atoms with Crippen LogP contribution in [-0.4, -0.2) is 29.3 Å². The topological polar surface area (TPSA) is 61.4 Å². The van der Waals surface area contributed by atoms with Crippen molar-refractivity contribution in [1.29, 1.82) is 0 Å². The summed E-state index contributed by atoms with van der Waals surface area (Å²) in [6.45, 7) is 4.93. The molecule has 7 heteroatoms. The lowest BCUT2D eigenvalue weighted by Crippen LogP contribution is -2.17. The van der Waals surface area contributed by atoms with E-state index >= 15 is 0 Å². The van der Waals surface area contributed by atoms with E-state index in [1.807, 2.05) is 52.9 Å². The fourth-order valence-electron chi connectivity index (χ4n) is 4.11. The normalized spacial score (nSPS) is 16.0. The Kier molecular flexibility index (Phi) is 5.16. The molecule has 1 aliphatic heterocycles. The van der Waals surface area contributed by atoms with Gasteiger partial charge in [-0.1, -0.05) is 23.7 Å². The quantitative estimate of drug-likeness (QED) is 0.445. The van der Waals surface area contributed by atoms with Crippen molar-refractivity contribution in [1.82, 2.24) is 29.3 Å². The Morgan fingerprint density at radius 3 is 2.68 bits per heavy atom. The van der Waals surface area contributed by atoms with Crippen LogP contribution in [0, 0.1) is 13.8 Å². The molecule has 156 valence electrons. The van der Waals surface area contributed by atoms with Crippen molar-refractivity contribution in [2.75, 3.05) is 0 Å². The lowest BCUT2D eigenvalue weighted by molar-refractivity contribution is 0.445. The number of imidazole rings is 1. The van der Waals surface area contributed by atoms with Crippen molar-refractivity contribution in [3.63, 3.8) is 0 Å². The van der Waals surface area contributed by atoms with Gasteiger partial charge in [0, 0.05) is 29.9 Å². The molecule has 0 unspecified atom stereocenters. The Bertz CT molecular complexity index is 1250. The van der Waals surface area contributed by atoms with Gasteiger partial charge in [0.1, 0.15) is 18.0 Å². The first-order valence-electron chi connectivity index (χ1n) is 10.4. The van der Waals surface area contributed by atoms with Gasteiger partial charge >= 0.3 is 0 Å². The van der Waals surface area contributed by atoms with Gasteiger partial charge in [-0.2, -0.15) is 5.10 Å². The van der Waals surface area contributed by atoms with Gasteiger partial charge in [0.2, 0.25) is 0 Å². The van der Waals surface area contributed by atoms with E-state index in [1.54, 1.807) is 6.33 Å². The summed E-state index contributed by atoms with van der Waals surface area (Å²) >= 11 is 6.06. The standard InChI is InChI=1S/C24H23ClN6/c1-16-12-18(13-26-23(16)30-14-17(2)27-15-30)5-10-22-28-24-21(4-3-11-31(24)29-22)19-6-8-20(25)9-7-19/h5-10,12-15,21H,3-4,11H2,1-2H3/b10-5+/t21-/m0/s1. The van der Waals surface area contributed by atoms with Crippen LogP contribution in [0.2, 0.25) is 5.02 Å². The third-order valence-electron chi connectivity index (χ3n) is 5.62. The summed E-state index contributed by atoms with van der Waals surface area (Å²) in [5.74, 6) is 2.89. The number of pyridine rings is 1. The van der Waals surface area contributed by atoms with Crippen LogP contribution in [0.4, 0.5) is 0 Å². The highest BCUT2D eigenvalue weighted by atomic mass is 35.5. The largest absolute Gasteiger partial charge is 0.290 e. The molecule has 6 nitrogen and oxygen atoms in total. The van der Waals surface area contributed by atoms with Crippen LogP contribution in [0.1, 0.15) is 52.8 Å². The van der Waals surface area contributed by atoms with Gasteiger partial charge in [-0.3, -0.25) is 4.57 Å². The van der Waals surface area contributed by atoms with Crippen LogP contribution in [0.15, 0.2) is 49.1 Å². The van der Waals surface area contributed by atoms with Gasteiger partial charge in [-0.05, 0) is 73.7 Å². The molecule has 0 amide bonds. The predicted molar refractivity (Wildman–Crippen MR) is 122 cm³/mol. The molecular weight excluding hydrogens is 408 g/mol. The first kappa shape index (κ1) is 19.7. The highest BCUT2D eigenvalue weighted by molar-refractivity contribution is 6.30. The summed E-state index contributed by atoms with van der Waals surface area (Å²) in [6.07, 6.45) is 11.8. The van der Waals surface area contributed by atoms with Crippen LogP contribution in [0.25, 0.3) is 18.0 Å². The Morgan fingerprint density at radius 1 is 1.10 bits per heavy atom. The van der Waals surface area contributed by atoms with Crippen LogP contribution in [0.5, 0.6) is 0 Å². The lowest BCUT2D eigenvalue weighted by Gasteiger charge is -2.22. The van der Waals surface area contributed by atoms with Gasteiger partial charge in [-0.25, -0.2) is 19.6 Å². The van der Waals surface area contributed by atoms with Crippen molar-refractivity contribution in [3.05, 3.63) is 88.1 Å². The number of hydrogen-bond donors (Lipinski definition) is 0. The molecule has 0 bridgehead atoms. The summed E-state index contributed by atoms with van der Waals surface area (Å²) in [4.78, 5) is 13.7. The Balaban J connectivity index is 1.38. The van der Waals surface area contributed by atoms with E-state index in [0.29, 0.717) is 0 Å². The van der Waals surface area contributed by atoms with Crippen molar-refractivity contribution >= 4 is 23.8 Å². The second-order valence-electron chi connectivity index (χ2n) is 7.96. The summed E-state index contributed by atoms with van der Waals surface area (Å²) in [5, 5.41) is 5.46. The molecule has 0 spiro atoms. The fourth-order valence-corrected chi connectivity index (χ4v) is 4.23. The minimum Gasteiger partial charge on any atom is -0.290 e. The molecule has 4 aromatic rings. The van der Waals surface area contributed by atoms with Crippen molar-refractivity contribution in [2.45, 2.75) is 39.2 Å². The second kappa shape index (κ2) is 8.12. The first-order valence-corrected chi connectivity index (χ1v) is 10.8. The molecule has 31 heavy (non-hydrogen) atoms. The molecule has 0 radical (unpaired) electrons. The number of rotatable bonds is 4. The molecule has 0 aliphatic carbocycles. The molecule has 4 heterocycles. The summed E-state index contributed by atoms with van der Waals surface area (Å²) < 4.78 is 3.98. The van der Waals surface area contributed by atoms with Crippen LogP contribution in [-0.2, 0) is 6.54 Å². The maximum Gasteiger partial charge on any atom is 0.174 e. The minimum atomic E-state index is 0.252. The number of fused-ring (bicyclic) bond motifs is 1. The van der Waals surface area contributed by atoms with Crippen LogP contribution < -0.4 is 0 Å². The minimum absolute atomic E-state index is 0.252. The van der Waals surface area contributed by atoms with Crippen molar-refractivity contribution < 1.29 is 0 Å². The molecule has 1 aromatic carbocycles. The van der Waals surface area contributed by atoms with Gasteiger partial charge < -0.3 is 0 Å². The Hall–Kier alpha value is -3.25. The van der Waals surface area contributed by atoms with Crippen molar-refractivity contribution in [3.8, 4) is 5.82 Å². The summed E-state index contributed by atoms with van der Waals surface area (Å²) in [7, 11) is 0. The number of aryl methyl sites for hydroxylation is 3. The maximum atomic E-state index is 6.06. The van der Waals surface area contributed by atoms with E-state index < -0.39 is 0 Å². The Labute approximate surface area is 186 Å². The van der Waals surface area contributed by atoms with Gasteiger partial charge in [0.05, 0.1) is 5.69 Å². The summed E-state index contributed by atoms with van der Waals surface area (Å²) in [6, 6.07) is 10.2. The second-order valence-corrected chi connectivity index (χ2v) is 8.40. The average molecular weight is 431 g/mol. The van der Waals surface area contributed by atoms with E-state index in [0.717, 1.165) is 58.7 Å². The number of benzene rings is 1. The highest BCUT2D eigenvalue weighted by Crippen LogP contribution is 2.32. The molecule has 1 aliphatic rings. The van der Waals surface area contributed by atoms with E-state index in [1.165, 1.54) is 5.56 Å². The van der Waals surface area contributed by atoms with Gasteiger partial charge in [0.15, 0.2) is 5.82 Å². The number of hydrogen-bond acceptors (Lipinski definition) is 4. The first-order chi connectivity index (χ1) is 15.1. The van der Waals surface area contributed by atoms with E-state index in [9.17, 15) is 0 Å². The number of nitrogens with zero attached hydrogens (tertiary/aromatic N) is 6. The molecule has 1 atom stereocenters. The maximum absolute atomic E-state index is 6.06. The lowest BCUT2D eigenvalue weighted by atomic mass is 9.91. The average Bonchev–Trinajstić information content (AvgIpc) is 3.38. The van der Waals surface area contributed by atoms with Gasteiger partial charge in [-0.15, -0.1) is 0 Å². The predicted octanol–water partition coefficient (Wildman–Crippen LogP) is 5.23. The molecule has 3 aromatic heterocycles. The zero-order valence-corrected chi connectivity index (χ0v) is 18.3. The van der Waals surface area contributed by atoms with Gasteiger partial charge in [0.25, 0.3) is 0 Å². The molecule has 0 saturated carbocycles. The molecule has 0 N–H and O–H groups in total. The summed E-state index contributed by atoms with van der Waals surface area (Å²) in [5.41, 5.74) is 4.30. The van der Waals surface area contributed by atoms with Crippen molar-refractivity contribution in [2.24, 2.45) is 0 Å². The molecule has 0 saturated heterocycles. The smallest absolute Gasteiger partial charge is 0.174 e. The van der Waals surface area contributed by atoms with E-state index in [2.05, 4.69) is 35.1 Å². The third kappa shape index (κ3) is 4.03. The van der Waals surface area contributed by atoms with E-state index in [-0.39, 0.29) is 5.92 Å². The zero-order chi connectivity index (χ0) is 21.4. The molecule has 5 rings (SSSR count). The molecule has 0 fully saturated rings. The highest BCUT2D eigenvalue weighted by Gasteiger charge is 2.25. The zero-order valence-electron chi connectivity index (χ0n) is 17.5. The van der Waals surface area contributed by atoms with Crippen LogP contribution in [0.3, 0.4) is 0 Å². The SMILES string of the molecule is Cc1cn(-c2ncc(/C=C/c3nc4n(n3)CCC[C@H]4c3ccc(Cl)cc3)cc2C)cn1. The van der Waals surface area contributed by atoms with Crippen LogP contribution >= 0.6 is 11.6 Å². The number of aromatic nitrogens is 6. The number of halogens is 1.